The summed E-state index contributed by atoms with van der Waals surface area (Å²) in [5, 5.41) is 0. The summed E-state index contributed by atoms with van der Waals surface area (Å²) in [4.78, 5) is 26.7. The van der Waals surface area contributed by atoms with Gasteiger partial charge in [0.05, 0.1) is 0 Å². The molecule has 28 heavy (non-hydrogen) atoms. The Kier molecular flexibility index (Phi) is 5.57. The predicted octanol–water partition coefficient (Wildman–Crippen LogP) is 2.71. The third-order valence-electron chi connectivity index (χ3n) is 5.76. The normalized spacial score (nSPS) is 17.5. The summed E-state index contributed by atoms with van der Waals surface area (Å²) in [5.41, 5.74) is 3.54. The number of piperazine rings is 1. The number of hydrogen-bond acceptors (Lipinski definition) is 5. The number of hydrogen-bond donors (Lipinski definition) is 0. The monoisotopic (exact) mass is 380 g/mol. The van der Waals surface area contributed by atoms with E-state index in [1.54, 1.807) is 7.11 Å². The minimum absolute atomic E-state index is 0.0996. The quantitative estimate of drug-likeness (QED) is 0.798. The van der Waals surface area contributed by atoms with Gasteiger partial charge in [0.15, 0.2) is 5.82 Å². The van der Waals surface area contributed by atoms with Crippen molar-refractivity contribution in [2.75, 3.05) is 38.2 Å². The SMILES string of the molecule is CCC(OC)C(=O)N1CCN(c2nc(-c3ccccc3)nc3c2CCC3)CC1. The molecule has 0 radical (unpaired) electrons. The van der Waals surface area contributed by atoms with E-state index >= 15 is 0 Å². The zero-order valence-electron chi connectivity index (χ0n) is 16.7. The molecule has 0 spiro atoms. The van der Waals surface area contributed by atoms with Crippen molar-refractivity contribution in [1.29, 1.82) is 0 Å². The maximum atomic E-state index is 12.6. The van der Waals surface area contributed by atoms with E-state index in [-0.39, 0.29) is 12.0 Å². The second-order valence-electron chi connectivity index (χ2n) is 7.46. The molecule has 2 heterocycles. The molecule has 0 saturated carbocycles. The predicted molar refractivity (Wildman–Crippen MR) is 109 cm³/mol. The third kappa shape index (κ3) is 3.61. The molecule has 1 aliphatic heterocycles. The first-order valence-electron chi connectivity index (χ1n) is 10.2. The van der Waals surface area contributed by atoms with E-state index in [9.17, 15) is 4.79 Å². The van der Waals surface area contributed by atoms with Gasteiger partial charge >= 0.3 is 0 Å². The number of fused-ring (bicyclic) bond motifs is 1. The molecule has 0 N–H and O–H groups in total. The lowest BCUT2D eigenvalue weighted by Crippen LogP contribution is -2.52. The number of carbonyl (C=O) groups excluding carboxylic acids is 1. The van der Waals surface area contributed by atoms with Crippen LogP contribution in [0.15, 0.2) is 30.3 Å². The molecule has 6 nitrogen and oxygen atoms in total. The summed E-state index contributed by atoms with van der Waals surface area (Å²) in [6.07, 6.45) is 3.57. The molecule has 2 aliphatic rings. The number of rotatable bonds is 5. The maximum Gasteiger partial charge on any atom is 0.251 e. The molecule has 2 aromatic rings. The van der Waals surface area contributed by atoms with Crippen molar-refractivity contribution in [3.63, 3.8) is 0 Å². The Morgan fingerprint density at radius 3 is 2.54 bits per heavy atom. The number of carbonyl (C=O) groups is 1. The Bertz CT molecular complexity index is 828. The lowest BCUT2D eigenvalue weighted by molar-refractivity contribution is -0.142. The van der Waals surface area contributed by atoms with Crippen LogP contribution < -0.4 is 4.90 Å². The van der Waals surface area contributed by atoms with Crippen LogP contribution in [-0.2, 0) is 22.4 Å². The summed E-state index contributed by atoms with van der Waals surface area (Å²) in [6, 6.07) is 10.2. The van der Waals surface area contributed by atoms with Crippen LogP contribution in [0, 0.1) is 0 Å². The lowest BCUT2D eigenvalue weighted by atomic mass is 10.1. The molecule has 1 aliphatic carbocycles. The fraction of sp³-hybridized carbons (Fsp3) is 0.500. The van der Waals surface area contributed by atoms with Crippen LogP contribution in [-0.4, -0.2) is 60.2 Å². The molecule has 1 aromatic heterocycles. The summed E-state index contributed by atoms with van der Waals surface area (Å²) < 4.78 is 5.33. The molecular formula is C22H28N4O2. The molecular weight excluding hydrogens is 352 g/mol. The Morgan fingerprint density at radius 2 is 1.86 bits per heavy atom. The molecule has 6 heteroatoms. The zero-order valence-corrected chi connectivity index (χ0v) is 16.7. The number of aryl methyl sites for hydroxylation is 1. The van der Waals surface area contributed by atoms with Crippen LogP contribution in [0.2, 0.25) is 0 Å². The highest BCUT2D eigenvalue weighted by Gasteiger charge is 2.29. The third-order valence-corrected chi connectivity index (χ3v) is 5.76. The molecule has 1 unspecified atom stereocenters. The van der Waals surface area contributed by atoms with Gasteiger partial charge in [-0.3, -0.25) is 4.79 Å². The van der Waals surface area contributed by atoms with Gasteiger partial charge in [0.2, 0.25) is 0 Å². The number of benzene rings is 1. The first-order valence-corrected chi connectivity index (χ1v) is 10.2. The van der Waals surface area contributed by atoms with Crippen LogP contribution in [0.25, 0.3) is 11.4 Å². The zero-order chi connectivity index (χ0) is 19.5. The van der Waals surface area contributed by atoms with Gasteiger partial charge in [-0.1, -0.05) is 37.3 Å². The van der Waals surface area contributed by atoms with Gasteiger partial charge in [-0.25, -0.2) is 9.97 Å². The maximum absolute atomic E-state index is 12.6. The molecule has 1 aromatic carbocycles. The van der Waals surface area contributed by atoms with Crippen molar-refractivity contribution in [3.05, 3.63) is 41.6 Å². The Labute approximate surface area is 166 Å². The fourth-order valence-corrected chi connectivity index (χ4v) is 4.17. The average molecular weight is 380 g/mol. The van der Waals surface area contributed by atoms with Crippen molar-refractivity contribution in [1.82, 2.24) is 14.9 Å². The number of ether oxygens (including phenoxy) is 1. The van der Waals surface area contributed by atoms with Crippen LogP contribution in [0.3, 0.4) is 0 Å². The molecule has 0 bridgehead atoms. The van der Waals surface area contributed by atoms with E-state index in [1.807, 2.05) is 30.0 Å². The topological polar surface area (TPSA) is 58.6 Å². The smallest absolute Gasteiger partial charge is 0.251 e. The van der Waals surface area contributed by atoms with E-state index < -0.39 is 0 Å². The minimum Gasteiger partial charge on any atom is -0.372 e. The van der Waals surface area contributed by atoms with Crippen LogP contribution >= 0.6 is 0 Å². The average Bonchev–Trinajstić information content (AvgIpc) is 3.23. The van der Waals surface area contributed by atoms with Crippen molar-refractivity contribution < 1.29 is 9.53 Å². The van der Waals surface area contributed by atoms with Gasteiger partial charge in [-0.2, -0.15) is 0 Å². The van der Waals surface area contributed by atoms with Gasteiger partial charge in [0.25, 0.3) is 5.91 Å². The van der Waals surface area contributed by atoms with Crippen molar-refractivity contribution in [2.45, 2.75) is 38.7 Å². The van der Waals surface area contributed by atoms with Crippen LogP contribution in [0.4, 0.5) is 5.82 Å². The van der Waals surface area contributed by atoms with Gasteiger partial charge in [0, 0.05) is 50.1 Å². The van der Waals surface area contributed by atoms with Gasteiger partial charge in [-0.15, -0.1) is 0 Å². The Hall–Kier alpha value is -2.47. The van der Waals surface area contributed by atoms with E-state index in [1.165, 1.54) is 11.3 Å². The van der Waals surface area contributed by atoms with Gasteiger partial charge in [0.1, 0.15) is 11.9 Å². The number of amides is 1. The summed E-state index contributed by atoms with van der Waals surface area (Å²) in [5.74, 6) is 1.97. The summed E-state index contributed by atoms with van der Waals surface area (Å²) in [7, 11) is 1.61. The van der Waals surface area contributed by atoms with Crippen molar-refractivity contribution in [2.24, 2.45) is 0 Å². The molecule has 1 fully saturated rings. The van der Waals surface area contributed by atoms with E-state index in [0.717, 1.165) is 49.6 Å². The highest BCUT2D eigenvalue weighted by atomic mass is 16.5. The number of anilines is 1. The number of aromatic nitrogens is 2. The van der Waals surface area contributed by atoms with Crippen molar-refractivity contribution >= 4 is 11.7 Å². The summed E-state index contributed by atoms with van der Waals surface area (Å²) in [6.45, 7) is 4.99. The molecule has 4 rings (SSSR count). The standard InChI is InChI=1S/C22H28N4O2/c1-3-19(28-2)22(27)26-14-12-25(13-15-26)21-17-10-7-11-18(17)23-20(24-21)16-8-5-4-6-9-16/h4-6,8-9,19H,3,7,10-15H2,1-2H3. The first-order chi connectivity index (χ1) is 13.7. The second-order valence-corrected chi connectivity index (χ2v) is 7.46. The minimum atomic E-state index is -0.334. The van der Waals surface area contributed by atoms with Crippen LogP contribution in [0.1, 0.15) is 31.0 Å². The second kappa shape index (κ2) is 8.27. The van der Waals surface area contributed by atoms with Gasteiger partial charge < -0.3 is 14.5 Å². The molecule has 1 saturated heterocycles. The number of methoxy groups -OCH3 is 1. The summed E-state index contributed by atoms with van der Waals surface area (Å²) >= 11 is 0. The molecule has 1 atom stereocenters. The molecule has 1 amide bonds. The van der Waals surface area contributed by atoms with Crippen LogP contribution in [0.5, 0.6) is 0 Å². The first kappa shape index (κ1) is 18.9. The molecule has 148 valence electrons. The van der Waals surface area contributed by atoms with E-state index in [4.69, 9.17) is 14.7 Å². The fourth-order valence-electron chi connectivity index (χ4n) is 4.17. The highest BCUT2D eigenvalue weighted by Crippen LogP contribution is 2.32. The number of nitrogens with zero attached hydrogens (tertiary/aromatic N) is 4. The van der Waals surface area contributed by atoms with Gasteiger partial charge in [-0.05, 0) is 25.7 Å². The highest BCUT2D eigenvalue weighted by molar-refractivity contribution is 5.81. The Balaban J connectivity index is 1.55. The van der Waals surface area contributed by atoms with Crippen molar-refractivity contribution in [3.8, 4) is 11.4 Å². The van der Waals surface area contributed by atoms with E-state index in [2.05, 4.69) is 17.0 Å². The lowest BCUT2D eigenvalue weighted by Gasteiger charge is -2.37. The Morgan fingerprint density at radius 1 is 1.11 bits per heavy atom. The van der Waals surface area contributed by atoms with E-state index in [0.29, 0.717) is 19.5 Å². The largest absolute Gasteiger partial charge is 0.372 e.